The summed E-state index contributed by atoms with van der Waals surface area (Å²) in [5, 5.41) is 2.49. The summed E-state index contributed by atoms with van der Waals surface area (Å²) in [7, 11) is 1.46. The van der Waals surface area contributed by atoms with Gasteiger partial charge in [-0.25, -0.2) is 9.78 Å². The van der Waals surface area contributed by atoms with Crippen molar-refractivity contribution < 1.29 is 27.6 Å². The number of β-lactam (4-membered cyclic amide) rings is 1. The van der Waals surface area contributed by atoms with Crippen LogP contribution in [0, 0.1) is 11.8 Å². The molecule has 0 spiro atoms. The zero-order valence-electron chi connectivity index (χ0n) is 20.7. The molecule has 1 unspecified atom stereocenters. The summed E-state index contributed by atoms with van der Waals surface area (Å²) in [6.07, 6.45) is -0.412. The van der Waals surface area contributed by atoms with Gasteiger partial charge in [0.05, 0.1) is 5.92 Å². The van der Waals surface area contributed by atoms with Crippen molar-refractivity contribution >= 4 is 41.0 Å². The first kappa shape index (κ1) is 27.7. The summed E-state index contributed by atoms with van der Waals surface area (Å²) in [5.74, 6) is -2.89. The summed E-state index contributed by atoms with van der Waals surface area (Å²) < 4.78 is 41.9. The largest absolute Gasteiger partial charge is 0.408 e. The Balaban J connectivity index is 1.60. The van der Waals surface area contributed by atoms with Gasteiger partial charge >= 0.3 is 12.2 Å². The Labute approximate surface area is 223 Å². The van der Waals surface area contributed by atoms with E-state index in [-0.39, 0.29) is 12.2 Å². The van der Waals surface area contributed by atoms with E-state index in [1.165, 1.54) is 18.1 Å². The molecule has 1 aliphatic heterocycles. The summed E-state index contributed by atoms with van der Waals surface area (Å²) in [4.78, 5) is 45.7. The highest BCUT2D eigenvalue weighted by Crippen LogP contribution is 2.37. The molecule has 1 aliphatic carbocycles. The molecule has 12 heteroatoms. The zero-order valence-corrected chi connectivity index (χ0v) is 21.5. The molecule has 0 radical (unpaired) electrons. The van der Waals surface area contributed by atoms with Crippen molar-refractivity contribution in [2.24, 2.45) is 11.8 Å². The van der Waals surface area contributed by atoms with Crippen LogP contribution in [-0.2, 0) is 16.0 Å². The van der Waals surface area contributed by atoms with Crippen LogP contribution in [0.5, 0.6) is 0 Å². The number of nitrogens with two attached hydrogens (primary N) is 1. The average Bonchev–Trinajstić information content (AvgIpc) is 2.88. The lowest BCUT2D eigenvalue weighted by molar-refractivity contribution is -0.170. The lowest BCUT2D eigenvalue weighted by atomic mass is 9.81. The van der Waals surface area contributed by atoms with Gasteiger partial charge < -0.3 is 16.0 Å². The highest BCUT2D eigenvalue weighted by Gasteiger charge is 2.56. The first-order chi connectivity index (χ1) is 18.0. The number of nitrogen functional groups attached to an aromatic ring is 1. The molecule has 4 rings (SSSR count). The first-order valence-electron chi connectivity index (χ1n) is 12.4. The number of nitrogens with zero attached hydrogens (tertiary/aromatic N) is 3. The van der Waals surface area contributed by atoms with Crippen LogP contribution >= 0.6 is 11.6 Å². The predicted molar refractivity (Wildman–Crippen MR) is 136 cm³/mol. The quantitative estimate of drug-likeness (QED) is 0.511. The van der Waals surface area contributed by atoms with Gasteiger partial charge in [0.1, 0.15) is 17.9 Å². The Kier molecular flexibility index (Phi) is 8.15. The van der Waals surface area contributed by atoms with Crippen molar-refractivity contribution in [3.8, 4) is 0 Å². The molecule has 1 aromatic heterocycles. The summed E-state index contributed by atoms with van der Waals surface area (Å²) in [5.41, 5.74) is 6.79. The van der Waals surface area contributed by atoms with Crippen molar-refractivity contribution in [3.05, 3.63) is 53.2 Å². The number of likely N-dealkylation sites (N-methyl/N-ethyl adjacent to an activating group) is 1. The second-order valence-corrected chi connectivity index (χ2v) is 10.2. The van der Waals surface area contributed by atoms with E-state index in [4.69, 9.17) is 17.3 Å². The number of likely N-dealkylation sites (tertiary alicyclic amines) is 1. The number of imide groups is 1. The van der Waals surface area contributed by atoms with E-state index in [9.17, 15) is 27.6 Å². The summed E-state index contributed by atoms with van der Waals surface area (Å²) >= 11 is 5.94. The standard InChI is InChI=1S/C26H29ClF3N5O3/c1-34(18-9-7-17(27)8-10-18)24(37)21-19(13-15-11-12-32-20(31)14-15)23(36)35(21)25(38)33-22(26(28,29)30)16-5-3-2-4-6-16/h7-12,14,16,19,21-22H,2-6,13H2,1H3,(H2,31,32)(H,33,38)/t19-,21+,22?/m1/s1. The molecule has 2 heterocycles. The number of halogens is 4. The van der Waals surface area contributed by atoms with Crippen molar-refractivity contribution in [3.63, 3.8) is 0 Å². The van der Waals surface area contributed by atoms with E-state index in [1.807, 2.05) is 5.32 Å². The number of hydrogen-bond donors (Lipinski definition) is 2. The molecule has 204 valence electrons. The summed E-state index contributed by atoms with van der Waals surface area (Å²) in [6.45, 7) is 0. The van der Waals surface area contributed by atoms with E-state index >= 15 is 0 Å². The van der Waals surface area contributed by atoms with Crippen LogP contribution < -0.4 is 16.0 Å². The Morgan fingerprint density at radius 1 is 1.18 bits per heavy atom. The molecule has 38 heavy (non-hydrogen) atoms. The van der Waals surface area contributed by atoms with Gasteiger partial charge in [0.2, 0.25) is 5.91 Å². The Morgan fingerprint density at radius 2 is 1.84 bits per heavy atom. The number of hydrogen-bond acceptors (Lipinski definition) is 5. The van der Waals surface area contributed by atoms with Gasteiger partial charge in [-0.2, -0.15) is 13.2 Å². The highest BCUT2D eigenvalue weighted by molar-refractivity contribution is 6.30. The lowest BCUT2D eigenvalue weighted by Crippen LogP contribution is -2.71. The van der Waals surface area contributed by atoms with E-state index in [0.29, 0.717) is 46.9 Å². The van der Waals surface area contributed by atoms with Gasteiger partial charge in [-0.3, -0.25) is 14.5 Å². The van der Waals surface area contributed by atoms with Crippen LogP contribution in [0.3, 0.4) is 0 Å². The van der Waals surface area contributed by atoms with Crippen LogP contribution in [-0.4, -0.2) is 53.0 Å². The smallest absolute Gasteiger partial charge is 0.384 e. The molecule has 2 fully saturated rings. The normalized spacial score (nSPS) is 21.0. The minimum Gasteiger partial charge on any atom is -0.384 e. The highest BCUT2D eigenvalue weighted by atomic mass is 35.5. The number of amides is 4. The predicted octanol–water partition coefficient (Wildman–Crippen LogP) is 4.57. The van der Waals surface area contributed by atoms with Gasteiger partial charge in [-0.15, -0.1) is 0 Å². The van der Waals surface area contributed by atoms with Crippen LogP contribution in [0.15, 0.2) is 42.6 Å². The number of urea groups is 1. The SMILES string of the molecule is CN(C(=O)[C@@H]1[C@@H](Cc2ccnc(N)c2)C(=O)N1C(=O)NC(C1CCCCC1)C(F)(F)F)c1ccc(Cl)cc1. The van der Waals surface area contributed by atoms with Gasteiger partial charge in [-0.05, 0) is 67.1 Å². The average molecular weight is 552 g/mol. The molecular weight excluding hydrogens is 523 g/mol. The van der Waals surface area contributed by atoms with E-state index in [1.54, 1.807) is 36.4 Å². The number of alkyl halides is 3. The van der Waals surface area contributed by atoms with Gasteiger partial charge in [0.15, 0.2) is 0 Å². The minimum atomic E-state index is -4.70. The van der Waals surface area contributed by atoms with Crippen molar-refractivity contribution in [1.29, 1.82) is 0 Å². The maximum atomic E-state index is 14.0. The maximum absolute atomic E-state index is 14.0. The van der Waals surface area contributed by atoms with E-state index < -0.39 is 47.9 Å². The number of carbonyl (C=O) groups excluding carboxylic acids is 3. The minimum absolute atomic E-state index is 0.0610. The van der Waals surface area contributed by atoms with Gasteiger partial charge in [-0.1, -0.05) is 30.9 Å². The number of rotatable bonds is 6. The van der Waals surface area contributed by atoms with E-state index in [0.717, 1.165) is 6.42 Å². The number of pyridine rings is 1. The monoisotopic (exact) mass is 551 g/mol. The molecule has 8 nitrogen and oxygen atoms in total. The number of anilines is 2. The Bertz CT molecular complexity index is 1190. The van der Waals surface area contributed by atoms with Crippen LogP contribution in [0.25, 0.3) is 0 Å². The third-order valence-electron chi connectivity index (χ3n) is 7.28. The molecule has 3 N–H and O–H groups in total. The number of carbonyl (C=O) groups is 3. The molecule has 2 aliphatic rings. The maximum Gasteiger partial charge on any atom is 0.408 e. The van der Waals surface area contributed by atoms with Crippen LogP contribution in [0.2, 0.25) is 5.02 Å². The van der Waals surface area contributed by atoms with Crippen LogP contribution in [0.4, 0.5) is 29.5 Å². The fourth-order valence-electron chi connectivity index (χ4n) is 5.26. The molecule has 3 atom stereocenters. The van der Waals surface area contributed by atoms with Crippen LogP contribution in [0.1, 0.15) is 37.7 Å². The fraction of sp³-hybridized carbons (Fsp3) is 0.462. The number of nitrogens with one attached hydrogen (secondary N) is 1. The van der Waals surface area contributed by atoms with Crippen molar-refractivity contribution in [2.45, 2.75) is 56.8 Å². The molecule has 1 aromatic carbocycles. The molecule has 0 bridgehead atoms. The second kappa shape index (κ2) is 11.2. The Hall–Kier alpha value is -3.34. The van der Waals surface area contributed by atoms with Gasteiger partial charge in [0, 0.05) is 24.0 Å². The van der Waals surface area contributed by atoms with Crippen molar-refractivity contribution in [2.75, 3.05) is 17.7 Å². The molecule has 2 aromatic rings. The topological polar surface area (TPSA) is 109 Å². The van der Waals surface area contributed by atoms with Crippen molar-refractivity contribution in [1.82, 2.24) is 15.2 Å². The fourth-order valence-corrected chi connectivity index (χ4v) is 5.39. The third-order valence-corrected chi connectivity index (χ3v) is 7.54. The first-order valence-corrected chi connectivity index (χ1v) is 12.8. The molecule has 1 saturated heterocycles. The molecule has 4 amide bonds. The van der Waals surface area contributed by atoms with Gasteiger partial charge in [0.25, 0.3) is 5.91 Å². The number of benzene rings is 1. The number of aromatic nitrogens is 1. The Morgan fingerprint density at radius 3 is 2.45 bits per heavy atom. The van der Waals surface area contributed by atoms with E-state index in [2.05, 4.69) is 4.98 Å². The molecule has 1 saturated carbocycles. The second-order valence-electron chi connectivity index (χ2n) is 9.79. The lowest BCUT2D eigenvalue weighted by Gasteiger charge is -2.46. The zero-order chi connectivity index (χ0) is 27.6. The summed E-state index contributed by atoms with van der Waals surface area (Å²) in [6, 6.07) is 4.86. The molecular formula is C26H29ClF3N5O3. The third kappa shape index (κ3) is 5.87.